The molecule has 19 heavy (non-hydrogen) atoms. The molecular formula is C14H21ClN2O2. The van der Waals surface area contributed by atoms with Crippen LogP contribution in [0, 0.1) is 6.92 Å². The molecule has 0 saturated heterocycles. The highest BCUT2D eigenvalue weighted by atomic mass is 35.5. The molecule has 0 fully saturated rings. The Bertz CT molecular complexity index is 420. The maximum Gasteiger partial charge on any atom is 0.411 e. The number of rotatable bonds is 6. The third-order valence-electron chi connectivity index (χ3n) is 3.04. The SMILES string of the molecule is CCN(CC)CCOC(=O)Nc1cccc(Cl)c1C. The third kappa shape index (κ3) is 5.09. The van der Waals surface area contributed by atoms with Crippen molar-refractivity contribution >= 4 is 23.4 Å². The molecule has 0 aliphatic rings. The third-order valence-corrected chi connectivity index (χ3v) is 3.45. The van der Waals surface area contributed by atoms with Gasteiger partial charge in [-0.2, -0.15) is 0 Å². The second-order valence-electron chi connectivity index (χ2n) is 4.20. The minimum atomic E-state index is -0.447. The Labute approximate surface area is 119 Å². The molecule has 0 aromatic heterocycles. The van der Waals surface area contributed by atoms with Gasteiger partial charge in [-0.05, 0) is 37.7 Å². The van der Waals surface area contributed by atoms with Crippen molar-refractivity contribution in [2.75, 3.05) is 31.6 Å². The van der Waals surface area contributed by atoms with Crippen molar-refractivity contribution in [3.63, 3.8) is 0 Å². The van der Waals surface area contributed by atoms with E-state index in [1.165, 1.54) is 0 Å². The second-order valence-corrected chi connectivity index (χ2v) is 4.61. The molecule has 1 amide bonds. The number of carbonyl (C=O) groups excluding carboxylic acids is 1. The van der Waals surface area contributed by atoms with Crippen LogP contribution in [0.15, 0.2) is 18.2 Å². The van der Waals surface area contributed by atoms with Gasteiger partial charge in [0.2, 0.25) is 0 Å². The summed E-state index contributed by atoms with van der Waals surface area (Å²) in [5.41, 5.74) is 1.52. The molecule has 0 aliphatic heterocycles. The van der Waals surface area contributed by atoms with Gasteiger partial charge in [0.1, 0.15) is 6.61 Å². The highest BCUT2D eigenvalue weighted by Gasteiger charge is 2.08. The second kappa shape index (κ2) is 8.02. The van der Waals surface area contributed by atoms with Crippen molar-refractivity contribution in [1.82, 2.24) is 4.90 Å². The first-order chi connectivity index (χ1) is 9.08. The van der Waals surface area contributed by atoms with Gasteiger partial charge in [0.25, 0.3) is 0 Å². The summed E-state index contributed by atoms with van der Waals surface area (Å²) < 4.78 is 5.14. The van der Waals surface area contributed by atoms with Gasteiger partial charge in [0, 0.05) is 17.3 Å². The number of halogens is 1. The molecule has 0 saturated carbocycles. The van der Waals surface area contributed by atoms with Crippen LogP contribution in [0.2, 0.25) is 5.02 Å². The molecule has 0 aliphatic carbocycles. The summed E-state index contributed by atoms with van der Waals surface area (Å²) in [7, 11) is 0. The van der Waals surface area contributed by atoms with E-state index in [-0.39, 0.29) is 0 Å². The first-order valence-electron chi connectivity index (χ1n) is 6.49. The minimum Gasteiger partial charge on any atom is -0.448 e. The van der Waals surface area contributed by atoms with Crippen molar-refractivity contribution in [1.29, 1.82) is 0 Å². The Morgan fingerprint density at radius 3 is 2.68 bits per heavy atom. The normalized spacial score (nSPS) is 10.6. The molecule has 0 unspecified atom stereocenters. The van der Waals surface area contributed by atoms with Gasteiger partial charge in [0.05, 0.1) is 0 Å². The fourth-order valence-electron chi connectivity index (χ4n) is 1.70. The lowest BCUT2D eigenvalue weighted by atomic mass is 10.2. The Hall–Kier alpha value is -1.26. The number of hydrogen-bond acceptors (Lipinski definition) is 3. The van der Waals surface area contributed by atoms with Crippen LogP contribution in [-0.2, 0) is 4.74 Å². The van der Waals surface area contributed by atoms with E-state index < -0.39 is 6.09 Å². The smallest absolute Gasteiger partial charge is 0.411 e. The van der Waals surface area contributed by atoms with E-state index >= 15 is 0 Å². The molecule has 1 aromatic rings. The van der Waals surface area contributed by atoms with E-state index in [4.69, 9.17) is 16.3 Å². The van der Waals surface area contributed by atoms with E-state index in [1.54, 1.807) is 18.2 Å². The Morgan fingerprint density at radius 1 is 1.37 bits per heavy atom. The molecule has 0 radical (unpaired) electrons. The molecule has 1 N–H and O–H groups in total. The van der Waals surface area contributed by atoms with Crippen molar-refractivity contribution in [2.24, 2.45) is 0 Å². The maximum absolute atomic E-state index is 11.6. The number of hydrogen-bond donors (Lipinski definition) is 1. The van der Waals surface area contributed by atoms with Crippen molar-refractivity contribution < 1.29 is 9.53 Å². The highest BCUT2D eigenvalue weighted by molar-refractivity contribution is 6.31. The summed E-state index contributed by atoms with van der Waals surface area (Å²) in [6.07, 6.45) is -0.447. The van der Waals surface area contributed by atoms with Gasteiger partial charge in [-0.3, -0.25) is 5.32 Å². The van der Waals surface area contributed by atoms with Crippen LogP contribution in [0.5, 0.6) is 0 Å². The number of ether oxygens (including phenoxy) is 1. The Kier molecular flexibility index (Phi) is 6.67. The van der Waals surface area contributed by atoms with Gasteiger partial charge in [-0.25, -0.2) is 4.79 Å². The van der Waals surface area contributed by atoms with E-state index in [2.05, 4.69) is 24.1 Å². The van der Waals surface area contributed by atoms with Crippen LogP contribution in [0.1, 0.15) is 19.4 Å². The van der Waals surface area contributed by atoms with Gasteiger partial charge >= 0.3 is 6.09 Å². The van der Waals surface area contributed by atoms with E-state index in [0.29, 0.717) is 17.3 Å². The van der Waals surface area contributed by atoms with Crippen LogP contribution in [-0.4, -0.2) is 37.2 Å². The highest BCUT2D eigenvalue weighted by Crippen LogP contribution is 2.22. The number of carbonyl (C=O) groups is 1. The zero-order valence-electron chi connectivity index (χ0n) is 11.7. The maximum atomic E-state index is 11.6. The lowest BCUT2D eigenvalue weighted by Gasteiger charge is -2.17. The predicted molar refractivity (Wildman–Crippen MR) is 78.9 cm³/mol. The molecule has 4 nitrogen and oxygen atoms in total. The summed E-state index contributed by atoms with van der Waals surface area (Å²) in [6, 6.07) is 5.38. The first kappa shape index (κ1) is 15.8. The van der Waals surface area contributed by atoms with Crippen LogP contribution in [0.25, 0.3) is 0 Å². The molecule has 0 heterocycles. The monoisotopic (exact) mass is 284 g/mol. The summed E-state index contributed by atoms with van der Waals surface area (Å²) in [5.74, 6) is 0. The molecule has 1 rings (SSSR count). The average molecular weight is 285 g/mol. The summed E-state index contributed by atoms with van der Waals surface area (Å²) in [6.45, 7) is 9.05. The van der Waals surface area contributed by atoms with Crippen molar-refractivity contribution in [3.05, 3.63) is 28.8 Å². The van der Waals surface area contributed by atoms with Crippen molar-refractivity contribution in [2.45, 2.75) is 20.8 Å². The first-order valence-corrected chi connectivity index (χ1v) is 6.87. The van der Waals surface area contributed by atoms with Gasteiger partial charge < -0.3 is 9.64 Å². The summed E-state index contributed by atoms with van der Waals surface area (Å²) in [5, 5.41) is 3.32. The molecular weight excluding hydrogens is 264 g/mol. The number of likely N-dealkylation sites (N-methyl/N-ethyl adjacent to an activating group) is 1. The van der Waals surface area contributed by atoms with E-state index in [9.17, 15) is 4.79 Å². The van der Waals surface area contributed by atoms with Crippen LogP contribution in [0.3, 0.4) is 0 Å². The standard InChI is InChI=1S/C14H21ClN2O2/c1-4-17(5-2)9-10-19-14(18)16-13-8-6-7-12(15)11(13)3/h6-8H,4-5,9-10H2,1-3H3,(H,16,18). The fourth-order valence-corrected chi connectivity index (χ4v) is 1.87. The molecule has 106 valence electrons. The molecule has 0 bridgehead atoms. The molecule has 1 aromatic carbocycles. The Balaban J connectivity index is 2.41. The summed E-state index contributed by atoms with van der Waals surface area (Å²) >= 11 is 5.98. The van der Waals surface area contributed by atoms with E-state index in [0.717, 1.165) is 25.2 Å². The molecule has 0 atom stereocenters. The Morgan fingerprint density at radius 2 is 2.05 bits per heavy atom. The van der Waals surface area contributed by atoms with Gasteiger partial charge in [0.15, 0.2) is 0 Å². The van der Waals surface area contributed by atoms with Crippen LogP contribution >= 0.6 is 11.6 Å². The fraction of sp³-hybridized carbons (Fsp3) is 0.500. The quantitative estimate of drug-likeness (QED) is 0.869. The average Bonchev–Trinajstić information content (AvgIpc) is 2.40. The lowest BCUT2D eigenvalue weighted by Crippen LogP contribution is -2.28. The molecule has 5 heteroatoms. The number of benzene rings is 1. The zero-order valence-corrected chi connectivity index (χ0v) is 12.5. The largest absolute Gasteiger partial charge is 0.448 e. The van der Waals surface area contributed by atoms with Crippen LogP contribution in [0.4, 0.5) is 10.5 Å². The number of anilines is 1. The zero-order chi connectivity index (χ0) is 14.3. The number of nitrogens with one attached hydrogen (secondary N) is 1. The van der Waals surface area contributed by atoms with Crippen LogP contribution < -0.4 is 5.32 Å². The molecule has 0 spiro atoms. The minimum absolute atomic E-state index is 0.382. The number of nitrogens with zero attached hydrogens (tertiary/aromatic N) is 1. The van der Waals surface area contributed by atoms with Gasteiger partial charge in [-0.15, -0.1) is 0 Å². The van der Waals surface area contributed by atoms with Gasteiger partial charge in [-0.1, -0.05) is 31.5 Å². The number of amides is 1. The lowest BCUT2D eigenvalue weighted by molar-refractivity contribution is 0.142. The predicted octanol–water partition coefficient (Wildman–Crippen LogP) is 3.54. The van der Waals surface area contributed by atoms with E-state index in [1.807, 2.05) is 6.92 Å². The summed E-state index contributed by atoms with van der Waals surface area (Å²) in [4.78, 5) is 13.8. The topological polar surface area (TPSA) is 41.6 Å². The van der Waals surface area contributed by atoms with Crippen molar-refractivity contribution in [3.8, 4) is 0 Å².